The van der Waals surface area contributed by atoms with Crippen molar-refractivity contribution in [2.24, 2.45) is 5.92 Å². The lowest BCUT2D eigenvalue weighted by Crippen LogP contribution is -2.34. The summed E-state index contributed by atoms with van der Waals surface area (Å²) in [5.74, 6) is 0.502. The number of likely N-dealkylation sites (tertiary alicyclic amines) is 1. The summed E-state index contributed by atoms with van der Waals surface area (Å²) in [5, 5.41) is 13.7. The molecule has 1 atom stereocenters. The molecule has 8 heteroatoms. The maximum Gasteiger partial charge on any atom is 0.319 e. The van der Waals surface area contributed by atoms with Crippen molar-refractivity contribution in [3.05, 3.63) is 24.7 Å². The highest BCUT2D eigenvalue weighted by Gasteiger charge is 2.22. The Morgan fingerprint density at radius 3 is 3.29 bits per heavy atom. The van der Waals surface area contributed by atoms with Crippen LogP contribution in [0.3, 0.4) is 0 Å². The molecule has 3 rings (SSSR count). The Kier molecular flexibility index (Phi) is 5.60. The third kappa shape index (κ3) is 4.21. The second-order valence-electron chi connectivity index (χ2n) is 6.12. The molecule has 1 aliphatic heterocycles. The van der Waals surface area contributed by atoms with Gasteiger partial charge in [0.25, 0.3) is 0 Å². The molecule has 3 heterocycles. The molecule has 2 aromatic heterocycles. The van der Waals surface area contributed by atoms with Gasteiger partial charge in [-0.1, -0.05) is 0 Å². The molecular formula is C16H24N6O2. The van der Waals surface area contributed by atoms with Gasteiger partial charge >= 0.3 is 6.03 Å². The molecule has 0 spiro atoms. The van der Waals surface area contributed by atoms with Crippen LogP contribution >= 0.6 is 0 Å². The number of hydrogen-bond acceptors (Lipinski definition) is 5. The highest BCUT2D eigenvalue weighted by atomic mass is 16.5. The van der Waals surface area contributed by atoms with Gasteiger partial charge in [-0.2, -0.15) is 0 Å². The minimum atomic E-state index is -0.205. The zero-order valence-corrected chi connectivity index (χ0v) is 13.9. The molecule has 1 saturated heterocycles. The number of carbonyl (C=O) groups excluding carboxylic acids is 1. The first-order valence-electron chi connectivity index (χ1n) is 8.31. The van der Waals surface area contributed by atoms with Gasteiger partial charge in [-0.15, -0.1) is 10.2 Å². The molecule has 0 aromatic carbocycles. The molecule has 130 valence electrons. The summed E-state index contributed by atoms with van der Waals surface area (Å²) in [4.78, 5) is 14.5. The number of nitrogens with one attached hydrogen (secondary N) is 2. The predicted molar refractivity (Wildman–Crippen MR) is 91.0 cm³/mol. The van der Waals surface area contributed by atoms with E-state index in [-0.39, 0.29) is 6.03 Å². The first-order chi connectivity index (χ1) is 11.8. The number of hydrogen-bond donors (Lipinski definition) is 2. The highest BCUT2D eigenvalue weighted by molar-refractivity contribution is 5.92. The Morgan fingerprint density at radius 2 is 2.42 bits per heavy atom. The Labute approximate surface area is 141 Å². The van der Waals surface area contributed by atoms with Gasteiger partial charge in [0, 0.05) is 39.5 Å². The Morgan fingerprint density at radius 1 is 1.50 bits per heavy atom. The molecule has 0 aliphatic carbocycles. The number of ether oxygens (including phenoxy) is 1. The number of aromatic nitrogens is 3. The lowest BCUT2D eigenvalue weighted by Gasteiger charge is -2.16. The third-order valence-corrected chi connectivity index (χ3v) is 4.32. The summed E-state index contributed by atoms with van der Waals surface area (Å²) in [6, 6.07) is 3.46. The summed E-state index contributed by atoms with van der Waals surface area (Å²) in [5.41, 5.74) is 1.29. The van der Waals surface area contributed by atoms with Crippen LogP contribution in [0.2, 0.25) is 0 Å². The first kappa shape index (κ1) is 16.7. The summed E-state index contributed by atoms with van der Waals surface area (Å²) in [7, 11) is 1.73. The van der Waals surface area contributed by atoms with Gasteiger partial charge in [0.2, 0.25) is 0 Å². The van der Waals surface area contributed by atoms with Gasteiger partial charge in [-0.05, 0) is 37.4 Å². The van der Waals surface area contributed by atoms with E-state index in [0.717, 1.165) is 39.1 Å². The fourth-order valence-electron chi connectivity index (χ4n) is 3.07. The van der Waals surface area contributed by atoms with Gasteiger partial charge in [-0.3, -0.25) is 4.40 Å². The topological polar surface area (TPSA) is 83.8 Å². The summed E-state index contributed by atoms with van der Waals surface area (Å²) in [6.07, 6.45) is 5.62. The van der Waals surface area contributed by atoms with E-state index in [0.29, 0.717) is 23.8 Å². The normalized spacial score (nSPS) is 18.1. The van der Waals surface area contributed by atoms with Gasteiger partial charge in [0.05, 0.1) is 5.69 Å². The average molecular weight is 332 g/mol. The van der Waals surface area contributed by atoms with Crippen molar-refractivity contribution in [1.82, 2.24) is 24.8 Å². The number of nitrogens with zero attached hydrogens (tertiary/aromatic N) is 4. The van der Waals surface area contributed by atoms with Gasteiger partial charge < -0.3 is 20.3 Å². The van der Waals surface area contributed by atoms with Crippen molar-refractivity contribution in [3.8, 4) is 0 Å². The standard InChI is InChI=1S/C16H24N6O2/c1-24-9-3-6-21-8-5-13(11-21)10-17-16(23)19-14-4-2-7-22-12-18-20-15(14)22/h2,4,7,12-13H,3,5-6,8-11H2,1H3,(H2,17,19,23)/t13-/m1/s1. The third-order valence-electron chi connectivity index (χ3n) is 4.32. The fourth-order valence-corrected chi connectivity index (χ4v) is 3.07. The molecule has 0 bridgehead atoms. The summed E-state index contributed by atoms with van der Waals surface area (Å²) >= 11 is 0. The van der Waals surface area contributed by atoms with E-state index in [1.807, 2.05) is 18.3 Å². The lowest BCUT2D eigenvalue weighted by molar-refractivity contribution is 0.178. The second-order valence-corrected chi connectivity index (χ2v) is 6.12. The zero-order valence-electron chi connectivity index (χ0n) is 13.9. The summed E-state index contributed by atoms with van der Waals surface area (Å²) in [6.45, 7) is 4.67. The molecule has 2 aromatic rings. The van der Waals surface area contributed by atoms with Crippen LogP contribution in [-0.4, -0.2) is 65.4 Å². The number of methoxy groups -OCH3 is 1. The van der Waals surface area contributed by atoms with E-state index in [4.69, 9.17) is 4.74 Å². The van der Waals surface area contributed by atoms with Crippen LogP contribution < -0.4 is 10.6 Å². The summed E-state index contributed by atoms with van der Waals surface area (Å²) < 4.78 is 6.85. The van der Waals surface area contributed by atoms with Gasteiger partial charge in [0.15, 0.2) is 5.65 Å². The molecule has 0 saturated carbocycles. The molecule has 1 fully saturated rings. The van der Waals surface area contributed by atoms with Crippen molar-refractivity contribution in [2.75, 3.05) is 45.2 Å². The van der Waals surface area contributed by atoms with Crippen molar-refractivity contribution in [3.63, 3.8) is 0 Å². The van der Waals surface area contributed by atoms with E-state index in [1.165, 1.54) is 0 Å². The molecule has 0 radical (unpaired) electrons. The van der Waals surface area contributed by atoms with E-state index in [9.17, 15) is 4.79 Å². The first-order valence-corrected chi connectivity index (χ1v) is 8.31. The molecule has 1 aliphatic rings. The van der Waals surface area contributed by atoms with Crippen LogP contribution in [0.1, 0.15) is 12.8 Å². The van der Waals surface area contributed by atoms with E-state index >= 15 is 0 Å². The van der Waals surface area contributed by atoms with Gasteiger partial charge in [0.1, 0.15) is 6.33 Å². The lowest BCUT2D eigenvalue weighted by atomic mass is 10.1. The SMILES string of the molecule is COCCCN1CC[C@H](CNC(=O)Nc2cccn3cnnc23)C1. The van der Waals surface area contributed by atoms with E-state index in [2.05, 4.69) is 25.7 Å². The van der Waals surface area contributed by atoms with Crippen molar-refractivity contribution in [1.29, 1.82) is 0 Å². The predicted octanol–water partition coefficient (Wildman–Crippen LogP) is 1.21. The average Bonchev–Trinajstić information content (AvgIpc) is 3.23. The van der Waals surface area contributed by atoms with Crippen LogP contribution in [0, 0.1) is 5.92 Å². The molecule has 2 N–H and O–H groups in total. The Bertz CT molecular complexity index is 673. The van der Waals surface area contributed by atoms with Crippen molar-refractivity contribution in [2.45, 2.75) is 12.8 Å². The second kappa shape index (κ2) is 8.07. The molecule has 8 nitrogen and oxygen atoms in total. The monoisotopic (exact) mass is 332 g/mol. The number of anilines is 1. The molecule has 0 unspecified atom stereocenters. The van der Waals surface area contributed by atoms with Gasteiger partial charge in [-0.25, -0.2) is 4.79 Å². The van der Waals surface area contributed by atoms with Crippen LogP contribution in [0.25, 0.3) is 5.65 Å². The maximum absolute atomic E-state index is 12.1. The van der Waals surface area contributed by atoms with Crippen LogP contribution in [-0.2, 0) is 4.74 Å². The number of carbonyl (C=O) groups is 1. The highest BCUT2D eigenvalue weighted by Crippen LogP contribution is 2.16. The zero-order chi connectivity index (χ0) is 16.8. The van der Waals surface area contributed by atoms with Crippen LogP contribution in [0.5, 0.6) is 0 Å². The number of amides is 2. The Hall–Kier alpha value is -2.19. The minimum absolute atomic E-state index is 0.205. The number of urea groups is 1. The van der Waals surface area contributed by atoms with Crippen LogP contribution in [0.15, 0.2) is 24.7 Å². The largest absolute Gasteiger partial charge is 0.385 e. The number of rotatable bonds is 7. The molecule has 24 heavy (non-hydrogen) atoms. The molecular weight excluding hydrogens is 308 g/mol. The van der Waals surface area contributed by atoms with Crippen molar-refractivity contribution < 1.29 is 9.53 Å². The number of pyridine rings is 1. The maximum atomic E-state index is 12.1. The van der Waals surface area contributed by atoms with E-state index in [1.54, 1.807) is 17.8 Å². The molecule has 2 amide bonds. The quantitative estimate of drug-likeness (QED) is 0.745. The Balaban J connectivity index is 1.42. The number of fused-ring (bicyclic) bond motifs is 1. The van der Waals surface area contributed by atoms with Crippen molar-refractivity contribution >= 4 is 17.4 Å². The van der Waals surface area contributed by atoms with E-state index < -0.39 is 0 Å². The minimum Gasteiger partial charge on any atom is -0.385 e. The smallest absolute Gasteiger partial charge is 0.319 e. The van der Waals surface area contributed by atoms with Crippen LogP contribution in [0.4, 0.5) is 10.5 Å². The fraction of sp³-hybridized carbons (Fsp3) is 0.562.